The number of carboxylic acid groups (broad SMARTS) is 1. The van der Waals surface area contributed by atoms with E-state index in [4.69, 9.17) is 14.2 Å². The molecule has 2 aliphatic rings. The molecule has 0 radical (unpaired) electrons. The highest BCUT2D eigenvalue weighted by molar-refractivity contribution is 8.00. The number of esters is 1. The Kier molecular flexibility index (Phi) is 6.50. The summed E-state index contributed by atoms with van der Waals surface area (Å²) in [5.74, 6) is -1.50. The maximum absolute atomic E-state index is 12.5. The maximum atomic E-state index is 12.5. The topological polar surface area (TPSA) is 131 Å². The van der Waals surface area contributed by atoms with E-state index in [0.29, 0.717) is 17.1 Å². The van der Waals surface area contributed by atoms with Crippen molar-refractivity contribution in [2.45, 2.75) is 18.3 Å². The van der Waals surface area contributed by atoms with Gasteiger partial charge in [-0.15, -0.1) is 11.8 Å². The fraction of sp³-hybridized carbons (Fsp3) is 0.368. The van der Waals surface area contributed by atoms with Gasteiger partial charge in [0.1, 0.15) is 35.2 Å². The van der Waals surface area contributed by atoms with E-state index in [-0.39, 0.29) is 24.7 Å². The van der Waals surface area contributed by atoms with Crippen LogP contribution in [-0.4, -0.2) is 71.3 Å². The standard InChI is InChI=1S/C19H20N2O8S/c1-10(22)28-7-11-9-30-18-15(17(24)21(18)16(11)19(25)26)20-14(23)8-29-13-5-3-12(27-2)4-6-13/h3-6,15,18H,7-9H2,1-2H3,(H,20,23)(H,25,26)/t15?,18-/m1/s1. The molecule has 1 fully saturated rings. The summed E-state index contributed by atoms with van der Waals surface area (Å²) >= 11 is 1.29. The molecule has 2 atom stereocenters. The van der Waals surface area contributed by atoms with Crippen molar-refractivity contribution in [3.63, 3.8) is 0 Å². The largest absolute Gasteiger partial charge is 0.497 e. The molecule has 3 rings (SSSR count). The van der Waals surface area contributed by atoms with Crippen molar-refractivity contribution >= 4 is 35.5 Å². The molecule has 10 nitrogen and oxygen atoms in total. The van der Waals surface area contributed by atoms with Gasteiger partial charge in [0.2, 0.25) is 0 Å². The zero-order chi connectivity index (χ0) is 21.8. The number of nitrogens with one attached hydrogen (secondary N) is 1. The molecule has 2 heterocycles. The van der Waals surface area contributed by atoms with Crippen LogP contribution in [0.2, 0.25) is 0 Å². The van der Waals surface area contributed by atoms with Crippen molar-refractivity contribution in [2.24, 2.45) is 0 Å². The number of hydrogen-bond acceptors (Lipinski definition) is 8. The second-order valence-electron chi connectivity index (χ2n) is 6.46. The van der Waals surface area contributed by atoms with E-state index in [1.165, 1.54) is 25.8 Å². The molecule has 2 N–H and O–H groups in total. The fourth-order valence-corrected chi connectivity index (χ4v) is 4.35. The van der Waals surface area contributed by atoms with Crippen LogP contribution < -0.4 is 14.8 Å². The first kappa shape index (κ1) is 21.5. The van der Waals surface area contributed by atoms with Crippen molar-refractivity contribution in [3.05, 3.63) is 35.5 Å². The molecule has 0 bridgehead atoms. The number of carbonyl (C=O) groups excluding carboxylic acids is 3. The Bertz CT molecular complexity index is 898. The highest BCUT2D eigenvalue weighted by atomic mass is 32.2. The van der Waals surface area contributed by atoms with Crippen LogP contribution in [0.1, 0.15) is 6.92 Å². The normalized spacial score (nSPS) is 20.1. The lowest BCUT2D eigenvalue weighted by Gasteiger charge is -2.49. The number of hydrogen-bond donors (Lipinski definition) is 2. The van der Waals surface area contributed by atoms with Crippen molar-refractivity contribution < 1.29 is 38.5 Å². The zero-order valence-electron chi connectivity index (χ0n) is 16.2. The average Bonchev–Trinajstić information content (AvgIpc) is 2.73. The van der Waals surface area contributed by atoms with Gasteiger partial charge in [-0.05, 0) is 24.3 Å². The van der Waals surface area contributed by atoms with Gasteiger partial charge >= 0.3 is 11.9 Å². The number of benzene rings is 1. The van der Waals surface area contributed by atoms with Gasteiger partial charge in [-0.2, -0.15) is 0 Å². The molecule has 160 valence electrons. The number of thioether (sulfide) groups is 1. The molecule has 1 aromatic carbocycles. The maximum Gasteiger partial charge on any atom is 0.352 e. The number of carboxylic acids is 1. The summed E-state index contributed by atoms with van der Waals surface area (Å²) in [6.45, 7) is 0.716. The van der Waals surface area contributed by atoms with E-state index in [1.54, 1.807) is 24.3 Å². The Morgan fingerprint density at radius 2 is 1.90 bits per heavy atom. The van der Waals surface area contributed by atoms with Crippen molar-refractivity contribution in [1.29, 1.82) is 0 Å². The lowest BCUT2D eigenvalue weighted by Crippen LogP contribution is -2.71. The predicted octanol–water partition coefficient (Wildman–Crippen LogP) is 0.376. The van der Waals surface area contributed by atoms with Gasteiger partial charge < -0.3 is 24.6 Å². The van der Waals surface area contributed by atoms with Gasteiger partial charge in [-0.1, -0.05) is 0 Å². The summed E-state index contributed by atoms with van der Waals surface area (Å²) in [6.07, 6.45) is 0. The molecule has 0 aromatic heterocycles. The van der Waals surface area contributed by atoms with E-state index in [1.807, 2.05) is 0 Å². The third kappa shape index (κ3) is 4.51. The number of nitrogens with zero attached hydrogens (tertiary/aromatic N) is 1. The number of methoxy groups -OCH3 is 1. The Balaban J connectivity index is 1.59. The van der Waals surface area contributed by atoms with Crippen molar-refractivity contribution in [1.82, 2.24) is 10.2 Å². The van der Waals surface area contributed by atoms with E-state index in [0.717, 1.165) is 4.90 Å². The number of aliphatic carboxylic acids is 1. The molecular formula is C19H20N2O8S. The minimum absolute atomic E-state index is 0.201. The minimum atomic E-state index is -1.29. The van der Waals surface area contributed by atoms with Gasteiger partial charge in [0.25, 0.3) is 11.8 Å². The predicted molar refractivity (Wildman–Crippen MR) is 105 cm³/mol. The molecular weight excluding hydrogens is 416 g/mol. The summed E-state index contributed by atoms with van der Waals surface area (Å²) in [7, 11) is 1.54. The van der Waals surface area contributed by atoms with Crippen LogP contribution >= 0.6 is 11.8 Å². The van der Waals surface area contributed by atoms with E-state index < -0.39 is 35.2 Å². The summed E-state index contributed by atoms with van der Waals surface area (Å²) < 4.78 is 15.3. The summed E-state index contributed by atoms with van der Waals surface area (Å²) in [5.41, 5.74) is 0.130. The first-order valence-corrected chi connectivity index (χ1v) is 9.96. The number of carbonyl (C=O) groups is 4. The number of ether oxygens (including phenoxy) is 3. The van der Waals surface area contributed by atoms with E-state index >= 15 is 0 Å². The molecule has 0 aliphatic carbocycles. The quantitative estimate of drug-likeness (QED) is 0.438. The third-order valence-electron chi connectivity index (χ3n) is 4.45. The molecule has 1 aromatic rings. The first-order chi connectivity index (χ1) is 14.3. The second kappa shape index (κ2) is 9.08. The molecule has 1 saturated heterocycles. The summed E-state index contributed by atoms with van der Waals surface area (Å²) in [4.78, 5) is 48.5. The van der Waals surface area contributed by atoms with Crippen LogP contribution in [0, 0.1) is 0 Å². The third-order valence-corrected chi connectivity index (χ3v) is 5.78. The highest BCUT2D eigenvalue weighted by Crippen LogP contribution is 2.40. The Hall–Kier alpha value is -3.21. The number of rotatable bonds is 8. The van der Waals surface area contributed by atoms with Crippen LogP contribution in [0.3, 0.4) is 0 Å². The minimum Gasteiger partial charge on any atom is -0.497 e. The van der Waals surface area contributed by atoms with Crippen LogP contribution in [0.25, 0.3) is 0 Å². The Morgan fingerprint density at radius 3 is 2.50 bits per heavy atom. The summed E-state index contributed by atoms with van der Waals surface area (Å²) in [5, 5.41) is 11.5. The SMILES string of the molecule is COc1ccc(OCC(=O)NC2C(=O)N3C(C(=O)O)=C(COC(C)=O)CS[C@H]23)cc1. The molecule has 2 aliphatic heterocycles. The lowest BCUT2D eigenvalue weighted by molar-refractivity contribution is -0.151. The van der Waals surface area contributed by atoms with Crippen molar-refractivity contribution in [3.8, 4) is 11.5 Å². The molecule has 1 unspecified atom stereocenters. The van der Waals surface area contributed by atoms with Crippen LogP contribution in [0.15, 0.2) is 35.5 Å². The smallest absolute Gasteiger partial charge is 0.352 e. The lowest BCUT2D eigenvalue weighted by atomic mass is 10.0. The second-order valence-corrected chi connectivity index (χ2v) is 7.56. The molecule has 11 heteroatoms. The monoisotopic (exact) mass is 436 g/mol. The number of amides is 2. The van der Waals surface area contributed by atoms with Crippen molar-refractivity contribution in [2.75, 3.05) is 26.1 Å². The molecule has 0 spiro atoms. The molecule has 0 saturated carbocycles. The summed E-state index contributed by atoms with van der Waals surface area (Å²) in [6, 6.07) is 5.81. The fourth-order valence-electron chi connectivity index (χ4n) is 3.02. The van der Waals surface area contributed by atoms with Gasteiger partial charge in [0.15, 0.2) is 6.61 Å². The van der Waals surface area contributed by atoms with Crippen LogP contribution in [0.4, 0.5) is 0 Å². The van der Waals surface area contributed by atoms with Gasteiger partial charge in [-0.25, -0.2) is 4.79 Å². The average molecular weight is 436 g/mol. The van der Waals surface area contributed by atoms with Gasteiger partial charge in [-0.3, -0.25) is 19.3 Å². The van der Waals surface area contributed by atoms with Gasteiger partial charge in [0, 0.05) is 18.2 Å². The first-order valence-electron chi connectivity index (χ1n) is 8.91. The zero-order valence-corrected chi connectivity index (χ0v) is 17.1. The van der Waals surface area contributed by atoms with Gasteiger partial charge in [0.05, 0.1) is 7.11 Å². The van der Waals surface area contributed by atoms with Crippen LogP contribution in [-0.2, 0) is 23.9 Å². The number of β-lactam (4-membered cyclic amide) rings is 1. The number of fused-ring (bicyclic) bond motifs is 1. The Morgan fingerprint density at radius 1 is 1.23 bits per heavy atom. The van der Waals surface area contributed by atoms with Crippen LogP contribution in [0.5, 0.6) is 11.5 Å². The Labute approximate surface area is 176 Å². The molecule has 2 amide bonds. The highest BCUT2D eigenvalue weighted by Gasteiger charge is 2.54. The van der Waals surface area contributed by atoms with E-state index in [9.17, 15) is 24.3 Å². The molecule has 30 heavy (non-hydrogen) atoms. The van der Waals surface area contributed by atoms with E-state index in [2.05, 4.69) is 5.32 Å².